The van der Waals surface area contributed by atoms with Crippen LogP contribution in [-0.4, -0.2) is 41.3 Å². The molecule has 2 N–H and O–H groups in total. The number of nitrogens with zero attached hydrogens (tertiary/aromatic N) is 4. The molecule has 0 amide bonds. The first-order valence-electron chi connectivity index (χ1n) is 8.56. The summed E-state index contributed by atoms with van der Waals surface area (Å²) < 4.78 is 5.40. The maximum Gasteiger partial charge on any atom is 0.135 e. The lowest BCUT2D eigenvalue weighted by molar-refractivity contribution is 0.122. The molecule has 0 atom stereocenters. The SMILES string of the molecule is c1cc(Nc2cc(Nc3ccc(N4CCOCC4)cc3)ncn2)ccn1. The van der Waals surface area contributed by atoms with Crippen molar-refractivity contribution in [2.24, 2.45) is 0 Å². The summed E-state index contributed by atoms with van der Waals surface area (Å²) in [7, 11) is 0. The Morgan fingerprint density at radius 3 is 2.08 bits per heavy atom. The van der Waals surface area contributed by atoms with E-state index in [1.54, 1.807) is 12.4 Å². The molecule has 4 rings (SSSR count). The van der Waals surface area contributed by atoms with E-state index in [1.165, 1.54) is 12.0 Å². The summed E-state index contributed by atoms with van der Waals surface area (Å²) in [5, 5.41) is 6.55. The van der Waals surface area contributed by atoms with E-state index in [-0.39, 0.29) is 0 Å². The molecule has 0 bridgehead atoms. The Bertz CT molecular complexity index is 834. The van der Waals surface area contributed by atoms with Crippen LogP contribution in [0.15, 0.2) is 61.2 Å². The van der Waals surface area contributed by atoms with Gasteiger partial charge in [-0.2, -0.15) is 0 Å². The summed E-state index contributed by atoms with van der Waals surface area (Å²) in [6, 6.07) is 14.0. The van der Waals surface area contributed by atoms with Gasteiger partial charge in [0.1, 0.15) is 18.0 Å². The third-order valence-electron chi connectivity index (χ3n) is 4.14. The van der Waals surface area contributed by atoms with Gasteiger partial charge in [-0.25, -0.2) is 9.97 Å². The molecular weight excluding hydrogens is 328 g/mol. The van der Waals surface area contributed by atoms with Gasteiger partial charge in [0.25, 0.3) is 0 Å². The molecule has 7 nitrogen and oxygen atoms in total. The average Bonchev–Trinajstić information content (AvgIpc) is 2.70. The number of hydrogen-bond acceptors (Lipinski definition) is 7. The second-order valence-electron chi connectivity index (χ2n) is 5.92. The maximum atomic E-state index is 5.40. The molecule has 1 aromatic carbocycles. The van der Waals surface area contributed by atoms with Crippen LogP contribution in [0.5, 0.6) is 0 Å². The van der Waals surface area contributed by atoms with Crippen LogP contribution < -0.4 is 15.5 Å². The highest BCUT2D eigenvalue weighted by molar-refractivity contribution is 5.64. The number of hydrogen-bond donors (Lipinski definition) is 2. The Balaban J connectivity index is 1.43. The zero-order chi connectivity index (χ0) is 17.6. The zero-order valence-corrected chi connectivity index (χ0v) is 14.3. The second-order valence-corrected chi connectivity index (χ2v) is 5.92. The lowest BCUT2D eigenvalue weighted by Crippen LogP contribution is -2.36. The maximum absolute atomic E-state index is 5.40. The van der Waals surface area contributed by atoms with Crippen LogP contribution in [0.3, 0.4) is 0 Å². The van der Waals surface area contributed by atoms with Crippen molar-refractivity contribution in [3.05, 3.63) is 61.2 Å². The number of nitrogens with one attached hydrogen (secondary N) is 2. The van der Waals surface area contributed by atoms with E-state index in [9.17, 15) is 0 Å². The van der Waals surface area contributed by atoms with Gasteiger partial charge < -0.3 is 20.3 Å². The molecule has 3 heterocycles. The van der Waals surface area contributed by atoms with E-state index in [0.29, 0.717) is 0 Å². The fraction of sp³-hybridized carbons (Fsp3) is 0.211. The molecule has 1 aliphatic rings. The molecule has 0 radical (unpaired) electrons. The van der Waals surface area contributed by atoms with Gasteiger partial charge in [0.2, 0.25) is 0 Å². The minimum absolute atomic E-state index is 0.721. The quantitative estimate of drug-likeness (QED) is 0.733. The number of rotatable bonds is 5. The molecule has 0 spiro atoms. The van der Waals surface area contributed by atoms with Crippen LogP contribution in [0.2, 0.25) is 0 Å². The molecular formula is C19H20N6O. The molecule has 132 valence electrons. The monoisotopic (exact) mass is 348 g/mol. The topological polar surface area (TPSA) is 75.2 Å². The lowest BCUT2D eigenvalue weighted by Gasteiger charge is -2.28. The van der Waals surface area contributed by atoms with E-state index < -0.39 is 0 Å². The van der Waals surface area contributed by atoms with E-state index >= 15 is 0 Å². The van der Waals surface area contributed by atoms with Gasteiger partial charge >= 0.3 is 0 Å². The summed E-state index contributed by atoms with van der Waals surface area (Å²) in [5.74, 6) is 1.45. The molecule has 2 aromatic heterocycles. The average molecular weight is 348 g/mol. The number of ether oxygens (including phenoxy) is 1. The normalized spacial score (nSPS) is 14.1. The Morgan fingerprint density at radius 2 is 1.42 bits per heavy atom. The first-order valence-corrected chi connectivity index (χ1v) is 8.56. The van der Waals surface area contributed by atoms with Gasteiger partial charge in [0.15, 0.2) is 0 Å². The van der Waals surface area contributed by atoms with E-state index in [0.717, 1.165) is 49.3 Å². The third-order valence-corrected chi connectivity index (χ3v) is 4.14. The summed E-state index contributed by atoms with van der Waals surface area (Å²) in [4.78, 5) is 14.9. The van der Waals surface area contributed by atoms with E-state index in [4.69, 9.17) is 4.74 Å². The fourth-order valence-electron chi connectivity index (χ4n) is 2.80. The van der Waals surface area contributed by atoms with Crippen LogP contribution in [0.25, 0.3) is 0 Å². The summed E-state index contributed by atoms with van der Waals surface area (Å²) in [6.45, 7) is 3.44. The lowest BCUT2D eigenvalue weighted by atomic mass is 10.2. The van der Waals surface area contributed by atoms with Crippen LogP contribution in [0, 0.1) is 0 Å². The highest BCUT2D eigenvalue weighted by Crippen LogP contribution is 2.22. The second kappa shape index (κ2) is 7.79. The van der Waals surface area contributed by atoms with Crippen molar-refractivity contribution in [2.75, 3.05) is 41.8 Å². The van der Waals surface area contributed by atoms with Gasteiger partial charge in [0.05, 0.1) is 13.2 Å². The molecule has 3 aromatic rings. The highest BCUT2D eigenvalue weighted by Gasteiger charge is 2.10. The largest absolute Gasteiger partial charge is 0.378 e. The van der Waals surface area contributed by atoms with Gasteiger partial charge in [0, 0.05) is 48.6 Å². The predicted molar refractivity (Wildman–Crippen MR) is 102 cm³/mol. The Kier molecular flexibility index (Phi) is 4.88. The van der Waals surface area contributed by atoms with Gasteiger partial charge in [-0.1, -0.05) is 0 Å². The van der Waals surface area contributed by atoms with Crippen molar-refractivity contribution >= 4 is 28.7 Å². The van der Waals surface area contributed by atoms with Gasteiger partial charge in [-0.3, -0.25) is 4.98 Å². The number of anilines is 5. The van der Waals surface area contributed by atoms with Crippen molar-refractivity contribution in [1.29, 1.82) is 0 Å². The van der Waals surface area contributed by atoms with Gasteiger partial charge in [-0.05, 0) is 36.4 Å². The third kappa shape index (κ3) is 4.07. The first-order chi connectivity index (χ1) is 12.9. The van der Waals surface area contributed by atoms with Crippen molar-refractivity contribution in [3.8, 4) is 0 Å². The van der Waals surface area contributed by atoms with Crippen molar-refractivity contribution in [2.45, 2.75) is 0 Å². The standard InChI is InChI=1S/C19H20N6O/c1-3-17(25-9-11-26-12-10-25)4-2-15(1)23-18-13-19(22-14-21-18)24-16-5-7-20-8-6-16/h1-8,13-14H,9-12H2,(H2,20,21,22,23,24). The molecule has 1 saturated heterocycles. The molecule has 0 unspecified atom stereocenters. The zero-order valence-electron chi connectivity index (χ0n) is 14.3. The highest BCUT2D eigenvalue weighted by atomic mass is 16.5. The smallest absolute Gasteiger partial charge is 0.135 e. The van der Waals surface area contributed by atoms with Crippen molar-refractivity contribution in [3.63, 3.8) is 0 Å². The molecule has 1 aliphatic heterocycles. The summed E-state index contributed by atoms with van der Waals surface area (Å²) in [5.41, 5.74) is 3.12. The van der Waals surface area contributed by atoms with Crippen LogP contribution >= 0.6 is 0 Å². The number of benzene rings is 1. The predicted octanol–water partition coefficient (Wildman–Crippen LogP) is 3.20. The Labute approximate surface area is 152 Å². The van der Waals surface area contributed by atoms with Gasteiger partial charge in [-0.15, -0.1) is 0 Å². The Morgan fingerprint density at radius 1 is 0.808 bits per heavy atom. The fourth-order valence-corrected chi connectivity index (χ4v) is 2.80. The minimum atomic E-state index is 0.721. The van der Waals surface area contributed by atoms with E-state index in [1.807, 2.05) is 18.2 Å². The van der Waals surface area contributed by atoms with Crippen molar-refractivity contribution in [1.82, 2.24) is 15.0 Å². The molecule has 7 heteroatoms. The van der Waals surface area contributed by atoms with Crippen molar-refractivity contribution < 1.29 is 4.74 Å². The van der Waals surface area contributed by atoms with Crippen LogP contribution in [-0.2, 0) is 4.74 Å². The number of morpholine rings is 1. The molecule has 0 aliphatic carbocycles. The summed E-state index contributed by atoms with van der Waals surface area (Å²) >= 11 is 0. The summed E-state index contributed by atoms with van der Waals surface area (Å²) in [6.07, 6.45) is 5.01. The number of pyridine rings is 1. The molecule has 0 saturated carbocycles. The van der Waals surface area contributed by atoms with Crippen LogP contribution in [0.1, 0.15) is 0 Å². The molecule has 26 heavy (non-hydrogen) atoms. The molecule has 1 fully saturated rings. The first kappa shape index (κ1) is 16.3. The Hall–Kier alpha value is -3.19. The van der Waals surface area contributed by atoms with E-state index in [2.05, 4.69) is 54.8 Å². The van der Waals surface area contributed by atoms with Crippen LogP contribution in [0.4, 0.5) is 28.7 Å². The minimum Gasteiger partial charge on any atom is -0.378 e. The number of aromatic nitrogens is 3.